The van der Waals surface area contributed by atoms with E-state index < -0.39 is 0 Å². The first-order valence-electron chi connectivity index (χ1n) is 6.01. The largest absolute Gasteiger partial charge is 0.348 e. The van der Waals surface area contributed by atoms with Crippen LogP contribution in [0, 0.1) is 13.8 Å². The second kappa shape index (κ2) is 4.49. The van der Waals surface area contributed by atoms with E-state index in [0.717, 1.165) is 30.9 Å². The Morgan fingerprint density at radius 3 is 2.94 bits per heavy atom. The zero-order chi connectivity index (χ0) is 12.5. The molecule has 0 aromatic carbocycles. The highest BCUT2D eigenvalue weighted by Crippen LogP contribution is 2.13. The smallest absolute Gasteiger partial charge is 0.242 e. The lowest BCUT2D eigenvalue weighted by atomic mass is 10.0. The summed E-state index contributed by atoms with van der Waals surface area (Å²) < 4.78 is 1.75. The molecule has 1 atom stereocenters. The number of aromatic nitrogens is 2. The Morgan fingerprint density at radius 1 is 1.65 bits per heavy atom. The number of carbonyl (C=O) groups excluding carboxylic acids is 1. The molecular weight excluding hydrogens is 216 g/mol. The molecule has 0 aliphatic carbocycles. The molecule has 2 rings (SSSR count). The Labute approximate surface area is 102 Å². The maximum Gasteiger partial charge on any atom is 0.242 e. The fourth-order valence-electron chi connectivity index (χ4n) is 2.27. The average Bonchev–Trinajstić information content (AvgIpc) is 2.74. The van der Waals surface area contributed by atoms with Crippen LogP contribution in [0.5, 0.6) is 0 Å². The minimum Gasteiger partial charge on any atom is -0.348 e. The van der Waals surface area contributed by atoms with Crippen LogP contribution in [0.25, 0.3) is 0 Å². The molecule has 0 spiro atoms. The summed E-state index contributed by atoms with van der Waals surface area (Å²) in [5, 5.41) is 10.6. The molecule has 1 aromatic rings. The molecule has 17 heavy (non-hydrogen) atoms. The molecule has 5 nitrogen and oxygen atoms in total. The predicted molar refractivity (Wildman–Crippen MR) is 65.7 cm³/mol. The zero-order valence-electron chi connectivity index (χ0n) is 10.7. The molecule has 5 heteroatoms. The molecule has 1 amide bonds. The van der Waals surface area contributed by atoms with Crippen LogP contribution in [0.15, 0.2) is 6.07 Å². The van der Waals surface area contributed by atoms with E-state index in [0.29, 0.717) is 6.54 Å². The quantitative estimate of drug-likeness (QED) is 0.797. The van der Waals surface area contributed by atoms with E-state index >= 15 is 0 Å². The summed E-state index contributed by atoms with van der Waals surface area (Å²) in [6, 6.07) is 1.98. The van der Waals surface area contributed by atoms with Crippen LogP contribution >= 0.6 is 0 Å². The third kappa shape index (κ3) is 2.85. The normalized spacial score (nSPS) is 23.9. The van der Waals surface area contributed by atoms with Gasteiger partial charge in [0, 0.05) is 12.2 Å². The molecule has 1 aromatic heterocycles. The first-order chi connectivity index (χ1) is 7.98. The second-order valence-electron chi connectivity index (χ2n) is 5.12. The van der Waals surface area contributed by atoms with Gasteiger partial charge in [-0.3, -0.25) is 9.48 Å². The van der Waals surface area contributed by atoms with Crippen molar-refractivity contribution in [2.24, 2.45) is 0 Å². The van der Waals surface area contributed by atoms with Crippen LogP contribution in [0.3, 0.4) is 0 Å². The van der Waals surface area contributed by atoms with Gasteiger partial charge >= 0.3 is 0 Å². The summed E-state index contributed by atoms with van der Waals surface area (Å²) in [7, 11) is 0. The van der Waals surface area contributed by atoms with E-state index in [1.54, 1.807) is 4.68 Å². The summed E-state index contributed by atoms with van der Waals surface area (Å²) in [6.07, 6.45) is 0.982. The summed E-state index contributed by atoms with van der Waals surface area (Å²) in [6.45, 7) is 8.09. The van der Waals surface area contributed by atoms with E-state index in [-0.39, 0.29) is 11.4 Å². The van der Waals surface area contributed by atoms with Gasteiger partial charge < -0.3 is 10.6 Å². The number of hydrogen-bond donors (Lipinski definition) is 2. The highest BCUT2D eigenvalue weighted by molar-refractivity contribution is 5.76. The van der Waals surface area contributed by atoms with Crippen LogP contribution in [-0.4, -0.2) is 34.3 Å². The molecule has 1 aliphatic rings. The molecule has 94 valence electrons. The van der Waals surface area contributed by atoms with E-state index in [9.17, 15) is 4.79 Å². The monoisotopic (exact) mass is 236 g/mol. The molecule has 1 aliphatic heterocycles. The molecule has 2 heterocycles. The fraction of sp³-hybridized carbons (Fsp3) is 0.667. The van der Waals surface area contributed by atoms with Gasteiger partial charge in [-0.15, -0.1) is 0 Å². The molecule has 0 radical (unpaired) electrons. The number of carbonyl (C=O) groups is 1. The average molecular weight is 236 g/mol. The van der Waals surface area contributed by atoms with Gasteiger partial charge in [0.05, 0.1) is 11.2 Å². The van der Waals surface area contributed by atoms with Crippen molar-refractivity contribution >= 4 is 5.91 Å². The van der Waals surface area contributed by atoms with Crippen molar-refractivity contribution in [1.82, 2.24) is 20.4 Å². The number of rotatable bonds is 3. The minimum atomic E-state index is -0.104. The molecular formula is C12H20N4O. The summed E-state index contributed by atoms with van der Waals surface area (Å²) >= 11 is 0. The van der Waals surface area contributed by atoms with Crippen LogP contribution in [0.1, 0.15) is 24.7 Å². The van der Waals surface area contributed by atoms with Crippen LogP contribution in [-0.2, 0) is 11.3 Å². The number of amides is 1. The van der Waals surface area contributed by atoms with Crippen molar-refractivity contribution in [2.45, 2.75) is 39.3 Å². The van der Waals surface area contributed by atoms with Crippen molar-refractivity contribution in [3.05, 3.63) is 17.5 Å². The van der Waals surface area contributed by atoms with Crippen LogP contribution < -0.4 is 10.6 Å². The number of hydrogen-bond acceptors (Lipinski definition) is 3. The number of nitrogens with zero attached hydrogens (tertiary/aromatic N) is 2. The molecule has 0 bridgehead atoms. The van der Waals surface area contributed by atoms with Gasteiger partial charge in [-0.05, 0) is 39.8 Å². The summed E-state index contributed by atoms with van der Waals surface area (Å²) in [5.41, 5.74) is 1.86. The lowest BCUT2D eigenvalue weighted by Crippen LogP contribution is -2.48. The van der Waals surface area contributed by atoms with Gasteiger partial charge in [-0.1, -0.05) is 0 Å². The molecule has 0 saturated carbocycles. The van der Waals surface area contributed by atoms with Gasteiger partial charge in [0.25, 0.3) is 0 Å². The van der Waals surface area contributed by atoms with E-state index in [2.05, 4.69) is 22.7 Å². The highest BCUT2D eigenvalue weighted by atomic mass is 16.2. The van der Waals surface area contributed by atoms with Crippen molar-refractivity contribution in [2.75, 3.05) is 13.1 Å². The van der Waals surface area contributed by atoms with E-state index in [4.69, 9.17) is 0 Å². The van der Waals surface area contributed by atoms with Gasteiger partial charge in [0.15, 0.2) is 0 Å². The van der Waals surface area contributed by atoms with E-state index in [1.165, 1.54) is 0 Å². The molecule has 2 N–H and O–H groups in total. The first kappa shape index (κ1) is 12.1. The second-order valence-corrected chi connectivity index (χ2v) is 5.12. The number of aryl methyl sites for hydroxylation is 2. The third-order valence-electron chi connectivity index (χ3n) is 3.21. The van der Waals surface area contributed by atoms with Crippen molar-refractivity contribution in [3.8, 4) is 0 Å². The third-order valence-corrected chi connectivity index (χ3v) is 3.21. The Hall–Kier alpha value is -1.36. The maximum absolute atomic E-state index is 11.9. The van der Waals surface area contributed by atoms with Crippen LogP contribution in [0.2, 0.25) is 0 Å². The number of nitrogens with one attached hydrogen (secondary N) is 2. The van der Waals surface area contributed by atoms with Crippen molar-refractivity contribution in [3.63, 3.8) is 0 Å². The first-order valence-corrected chi connectivity index (χ1v) is 6.01. The van der Waals surface area contributed by atoms with Crippen molar-refractivity contribution in [1.29, 1.82) is 0 Å². The maximum atomic E-state index is 11.9. The van der Waals surface area contributed by atoms with Gasteiger partial charge in [-0.2, -0.15) is 5.10 Å². The lowest BCUT2D eigenvalue weighted by Gasteiger charge is -2.24. The predicted octanol–water partition coefficient (Wildman–Crippen LogP) is 0.368. The van der Waals surface area contributed by atoms with E-state index in [1.807, 2.05) is 19.9 Å². The summed E-state index contributed by atoms with van der Waals surface area (Å²) in [4.78, 5) is 11.9. The highest BCUT2D eigenvalue weighted by Gasteiger charge is 2.29. The molecule has 1 unspecified atom stereocenters. The Bertz CT molecular complexity index is 418. The lowest BCUT2D eigenvalue weighted by molar-refractivity contribution is -0.123. The molecule has 1 fully saturated rings. The van der Waals surface area contributed by atoms with Crippen LogP contribution in [0.4, 0.5) is 0 Å². The van der Waals surface area contributed by atoms with Gasteiger partial charge in [0.2, 0.25) is 5.91 Å². The SMILES string of the molecule is Cc1cc(C)n(CC(=O)NC2(C)CCNC2)n1. The topological polar surface area (TPSA) is 59.0 Å². The Balaban J connectivity index is 1.95. The zero-order valence-corrected chi connectivity index (χ0v) is 10.7. The van der Waals surface area contributed by atoms with Gasteiger partial charge in [0.1, 0.15) is 6.54 Å². The Kier molecular flexibility index (Phi) is 3.19. The standard InChI is InChI=1S/C12H20N4O/c1-9-6-10(2)16(15-9)7-11(17)14-12(3)4-5-13-8-12/h6,13H,4-5,7-8H2,1-3H3,(H,14,17). The van der Waals surface area contributed by atoms with Crippen molar-refractivity contribution < 1.29 is 4.79 Å². The molecule has 1 saturated heterocycles. The summed E-state index contributed by atoms with van der Waals surface area (Å²) in [5.74, 6) is 0.0300. The minimum absolute atomic E-state index is 0.0300. The fourth-order valence-corrected chi connectivity index (χ4v) is 2.27. The Morgan fingerprint density at radius 2 is 2.41 bits per heavy atom. The van der Waals surface area contributed by atoms with Gasteiger partial charge in [-0.25, -0.2) is 0 Å².